The van der Waals surface area contributed by atoms with Crippen molar-refractivity contribution in [1.29, 1.82) is 0 Å². The molecule has 0 radical (unpaired) electrons. The van der Waals surface area contributed by atoms with Crippen molar-refractivity contribution in [2.24, 2.45) is 0 Å². The minimum absolute atomic E-state index is 0.300. The monoisotopic (exact) mass is 231 g/mol. The van der Waals surface area contributed by atoms with Crippen LogP contribution < -0.4 is 16.8 Å². The first kappa shape index (κ1) is 12.7. The molecule has 0 atom stereocenters. The first-order valence-corrected chi connectivity index (χ1v) is 5.19. The molecule has 4 heteroatoms. The van der Waals surface area contributed by atoms with Gasteiger partial charge in [-0.05, 0) is 48.5 Å². The molecule has 2 aromatic carbocycles. The van der Waals surface area contributed by atoms with E-state index in [0.29, 0.717) is 5.75 Å². The van der Waals surface area contributed by atoms with Gasteiger partial charge in [-0.25, -0.2) is 0 Å². The molecule has 4 nitrogen and oxygen atoms in total. The van der Waals surface area contributed by atoms with Crippen molar-refractivity contribution < 1.29 is 5.11 Å². The molecule has 2 rings (SSSR count). The average molecular weight is 231 g/mol. The quantitative estimate of drug-likeness (QED) is 0.448. The third kappa shape index (κ3) is 4.79. The molecule has 0 aromatic heterocycles. The van der Waals surface area contributed by atoms with Gasteiger partial charge in [0.1, 0.15) is 5.75 Å². The maximum Gasteiger partial charge on any atom is 0.115 e. The lowest BCUT2D eigenvalue weighted by atomic mass is 10.3. The van der Waals surface area contributed by atoms with Crippen molar-refractivity contribution >= 4 is 17.1 Å². The fourth-order valence-corrected chi connectivity index (χ4v) is 1.12. The molecule has 0 aliphatic rings. The van der Waals surface area contributed by atoms with Crippen molar-refractivity contribution in [2.45, 2.75) is 0 Å². The number of nitrogens with one attached hydrogen (secondary N) is 1. The maximum atomic E-state index is 8.82. The Morgan fingerprint density at radius 3 is 1.59 bits per heavy atom. The van der Waals surface area contributed by atoms with E-state index in [4.69, 9.17) is 16.6 Å². The highest BCUT2D eigenvalue weighted by molar-refractivity contribution is 5.47. The van der Waals surface area contributed by atoms with Gasteiger partial charge in [0, 0.05) is 24.1 Å². The SMILES string of the molecule is CNc1ccc(O)cc1.Nc1ccc(N)cc1. The Morgan fingerprint density at radius 1 is 0.824 bits per heavy atom. The number of rotatable bonds is 1. The second-order valence-corrected chi connectivity index (χ2v) is 3.46. The molecule has 0 aliphatic heterocycles. The molecule has 0 saturated heterocycles. The summed E-state index contributed by atoms with van der Waals surface area (Å²) in [6, 6.07) is 14.0. The second kappa shape index (κ2) is 6.27. The minimum Gasteiger partial charge on any atom is -0.508 e. The van der Waals surface area contributed by atoms with Crippen LogP contribution in [0.15, 0.2) is 48.5 Å². The Morgan fingerprint density at radius 2 is 1.24 bits per heavy atom. The summed E-state index contributed by atoms with van der Waals surface area (Å²) in [4.78, 5) is 0. The molecule has 90 valence electrons. The van der Waals surface area contributed by atoms with Crippen molar-refractivity contribution in [3.63, 3.8) is 0 Å². The van der Waals surface area contributed by atoms with E-state index in [-0.39, 0.29) is 0 Å². The van der Waals surface area contributed by atoms with Crippen molar-refractivity contribution in [1.82, 2.24) is 0 Å². The van der Waals surface area contributed by atoms with Crippen LogP contribution in [0, 0.1) is 0 Å². The zero-order valence-corrected chi connectivity index (χ0v) is 9.72. The van der Waals surface area contributed by atoms with E-state index in [9.17, 15) is 0 Å². The van der Waals surface area contributed by atoms with Gasteiger partial charge in [-0.1, -0.05) is 0 Å². The second-order valence-electron chi connectivity index (χ2n) is 3.46. The van der Waals surface area contributed by atoms with E-state index in [1.807, 2.05) is 19.2 Å². The van der Waals surface area contributed by atoms with E-state index >= 15 is 0 Å². The number of anilines is 3. The number of nitrogen functional groups attached to an aromatic ring is 2. The van der Waals surface area contributed by atoms with E-state index in [2.05, 4.69) is 5.32 Å². The molecule has 0 spiro atoms. The molecule has 0 aliphatic carbocycles. The smallest absolute Gasteiger partial charge is 0.115 e. The zero-order valence-electron chi connectivity index (χ0n) is 9.72. The van der Waals surface area contributed by atoms with Crippen LogP contribution in [0.2, 0.25) is 0 Å². The van der Waals surface area contributed by atoms with Crippen LogP contribution in [-0.2, 0) is 0 Å². The van der Waals surface area contributed by atoms with Crippen molar-refractivity contribution in [3.05, 3.63) is 48.5 Å². The van der Waals surface area contributed by atoms with Gasteiger partial charge < -0.3 is 21.9 Å². The number of nitrogens with two attached hydrogens (primary N) is 2. The third-order valence-corrected chi connectivity index (χ3v) is 2.09. The molecule has 17 heavy (non-hydrogen) atoms. The molecule has 0 heterocycles. The van der Waals surface area contributed by atoms with Gasteiger partial charge >= 0.3 is 0 Å². The molecule has 0 fully saturated rings. The summed E-state index contributed by atoms with van der Waals surface area (Å²) in [7, 11) is 1.84. The first-order valence-electron chi connectivity index (χ1n) is 5.19. The largest absolute Gasteiger partial charge is 0.508 e. The van der Waals surface area contributed by atoms with Crippen LogP contribution in [0.3, 0.4) is 0 Å². The molecule has 0 unspecified atom stereocenters. The third-order valence-electron chi connectivity index (χ3n) is 2.09. The standard InChI is InChI=1S/C7H9NO.C6H8N2/c1-8-6-2-4-7(9)5-3-6;7-5-1-2-6(8)4-3-5/h2-5,8-9H,1H3;1-4H,7-8H2. The summed E-state index contributed by atoms with van der Waals surface area (Å²) in [6.07, 6.45) is 0. The zero-order chi connectivity index (χ0) is 12.7. The van der Waals surface area contributed by atoms with Gasteiger partial charge in [-0.3, -0.25) is 0 Å². The number of hydrogen-bond donors (Lipinski definition) is 4. The summed E-state index contributed by atoms with van der Waals surface area (Å²) < 4.78 is 0. The van der Waals surface area contributed by atoms with E-state index in [0.717, 1.165) is 17.1 Å². The summed E-state index contributed by atoms with van der Waals surface area (Å²) in [6.45, 7) is 0. The number of benzene rings is 2. The first-order chi connectivity index (χ1) is 8.11. The van der Waals surface area contributed by atoms with Gasteiger partial charge in [0.05, 0.1) is 0 Å². The molecule has 2 aromatic rings. The van der Waals surface area contributed by atoms with Gasteiger partial charge in [0.15, 0.2) is 0 Å². The number of phenolic OH excluding ortho intramolecular Hbond substituents is 1. The Labute approximate surface area is 101 Å². The highest BCUT2D eigenvalue weighted by atomic mass is 16.3. The van der Waals surface area contributed by atoms with Gasteiger partial charge in [-0.2, -0.15) is 0 Å². The molecular formula is C13H17N3O. The van der Waals surface area contributed by atoms with E-state index in [1.54, 1.807) is 36.4 Å². The highest BCUT2D eigenvalue weighted by Gasteiger charge is 1.85. The predicted octanol–water partition coefficient (Wildman–Crippen LogP) is 2.28. The Hall–Kier alpha value is -2.36. The fraction of sp³-hybridized carbons (Fsp3) is 0.0769. The van der Waals surface area contributed by atoms with E-state index in [1.165, 1.54) is 0 Å². The van der Waals surface area contributed by atoms with Crippen molar-refractivity contribution in [3.8, 4) is 5.75 Å². The molecular weight excluding hydrogens is 214 g/mol. The van der Waals surface area contributed by atoms with Gasteiger partial charge in [0.2, 0.25) is 0 Å². The fourth-order valence-electron chi connectivity index (χ4n) is 1.12. The van der Waals surface area contributed by atoms with Crippen LogP contribution in [-0.4, -0.2) is 12.2 Å². The minimum atomic E-state index is 0.300. The Bertz CT molecular complexity index is 416. The molecule has 0 amide bonds. The number of hydrogen-bond acceptors (Lipinski definition) is 4. The summed E-state index contributed by atoms with van der Waals surface area (Å²) in [5.74, 6) is 0.300. The molecule has 6 N–H and O–H groups in total. The normalized spacial score (nSPS) is 9.00. The lowest BCUT2D eigenvalue weighted by Gasteiger charge is -1.96. The van der Waals surface area contributed by atoms with Crippen LogP contribution in [0.1, 0.15) is 0 Å². The Balaban J connectivity index is 0.000000171. The predicted molar refractivity (Wildman–Crippen MR) is 72.9 cm³/mol. The van der Waals surface area contributed by atoms with Crippen LogP contribution in [0.5, 0.6) is 5.75 Å². The summed E-state index contributed by atoms with van der Waals surface area (Å²) >= 11 is 0. The van der Waals surface area contributed by atoms with Crippen LogP contribution in [0.25, 0.3) is 0 Å². The summed E-state index contributed by atoms with van der Waals surface area (Å²) in [5.41, 5.74) is 13.2. The van der Waals surface area contributed by atoms with Gasteiger partial charge in [0.25, 0.3) is 0 Å². The van der Waals surface area contributed by atoms with Gasteiger partial charge in [-0.15, -0.1) is 0 Å². The molecule has 0 bridgehead atoms. The average Bonchev–Trinajstić information content (AvgIpc) is 2.35. The van der Waals surface area contributed by atoms with Crippen LogP contribution >= 0.6 is 0 Å². The lowest BCUT2D eigenvalue weighted by Crippen LogP contribution is -1.86. The maximum absolute atomic E-state index is 8.82. The Kier molecular flexibility index (Phi) is 4.69. The lowest BCUT2D eigenvalue weighted by molar-refractivity contribution is 0.475. The molecule has 0 saturated carbocycles. The number of phenols is 1. The van der Waals surface area contributed by atoms with Crippen molar-refractivity contribution in [2.75, 3.05) is 23.8 Å². The topological polar surface area (TPSA) is 84.3 Å². The highest BCUT2D eigenvalue weighted by Crippen LogP contribution is 2.12. The van der Waals surface area contributed by atoms with Crippen LogP contribution in [0.4, 0.5) is 17.1 Å². The summed E-state index contributed by atoms with van der Waals surface area (Å²) in [5, 5.41) is 11.8. The number of aromatic hydroxyl groups is 1. The van der Waals surface area contributed by atoms with E-state index < -0.39 is 0 Å².